The van der Waals surface area contributed by atoms with Crippen LogP contribution in [0, 0.1) is 12.3 Å². The fourth-order valence-corrected chi connectivity index (χ4v) is 6.09. The molecule has 2 aromatic heterocycles. The van der Waals surface area contributed by atoms with Gasteiger partial charge in [0, 0.05) is 6.20 Å². The Kier molecular flexibility index (Phi) is 7.01. The topological polar surface area (TPSA) is 286 Å². The van der Waals surface area contributed by atoms with Crippen molar-refractivity contribution in [2.45, 2.75) is 24.0 Å². The van der Waals surface area contributed by atoms with Crippen LogP contribution in [0.25, 0.3) is 11.0 Å². The van der Waals surface area contributed by atoms with Crippen molar-refractivity contribution in [3.05, 3.63) is 22.6 Å². The molecule has 1 aliphatic rings. The molecule has 34 heavy (non-hydrogen) atoms. The molecule has 0 saturated carbocycles. The SMILES string of the molecule is C#CC1(O)[C@@H](O)[C@@H](COP(=O)(O)OP(=O)(O)OP(=O)(O)O)O[C@H]1n1ccc2c(=O)[nH]c(N)nc21. The van der Waals surface area contributed by atoms with Crippen molar-refractivity contribution in [2.75, 3.05) is 12.3 Å². The second kappa shape index (κ2) is 8.94. The number of hydrogen-bond donors (Lipinski definition) is 8. The van der Waals surface area contributed by atoms with Crippen molar-refractivity contribution in [3.63, 3.8) is 0 Å². The number of terminal acetylenes is 1. The summed E-state index contributed by atoms with van der Waals surface area (Å²) >= 11 is 0. The number of nitrogens with zero attached hydrogens (tertiary/aromatic N) is 2. The molecule has 1 fully saturated rings. The number of aromatic amines is 1. The van der Waals surface area contributed by atoms with Crippen molar-refractivity contribution in [1.82, 2.24) is 14.5 Å². The summed E-state index contributed by atoms with van der Waals surface area (Å²) in [7, 11) is -16.9. The number of phosphoric acid groups is 3. The van der Waals surface area contributed by atoms with E-state index in [1.807, 2.05) is 5.92 Å². The lowest BCUT2D eigenvalue weighted by Crippen LogP contribution is -2.45. The van der Waals surface area contributed by atoms with E-state index in [4.69, 9.17) is 26.7 Å². The maximum absolute atomic E-state index is 12.0. The Morgan fingerprint density at radius 3 is 2.50 bits per heavy atom. The first-order valence-electron chi connectivity index (χ1n) is 8.66. The van der Waals surface area contributed by atoms with Crippen molar-refractivity contribution in [2.24, 2.45) is 0 Å². The summed E-state index contributed by atoms with van der Waals surface area (Å²) in [4.78, 5) is 54.0. The average molecular weight is 546 g/mol. The van der Waals surface area contributed by atoms with Gasteiger partial charge < -0.3 is 44.8 Å². The molecular weight excluding hydrogens is 529 g/mol. The number of phosphoric ester groups is 1. The number of nitrogens with two attached hydrogens (primary N) is 1. The minimum absolute atomic E-state index is 0.0170. The highest BCUT2D eigenvalue weighted by Gasteiger charge is 2.56. The van der Waals surface area contributed by atoms with Crippen molar-refractivity contribution in [3.8, 4) is 12.3 Å². The van der Waals surface area contributed by atoms with E-state index >= 15 is 0 Å². The minimum atomic E-state index is -5.78. The summed E-state index contributed by atoms with van der Waals surface area (Å²) in [6.07, 6.45) is 1.28. The van der Waals surface area contributed by atoms with Gasteiger partial charge in [0.1, 0.15) is 12.2 Å². The molecule has 1 aliphatic heterocycles. The first-order valence-corrected chi connectivity index (χ1v) is 13.2. The summed E-state index contributed by atoms with van der Waals surface area (Å²) in [6, 6.07) is 1.28. The number of ether oxygens (including phenoxy) is 1. The van der Waals surface area contributed by atoms with Gasteiger partial charge in [0.2, 0.25) is 5.95 Å². The Bertz CT molecular complexity index is 1340. The molecule has 188 valence electrons. The standard InChI is InChI=1S/C13H17N4O14P3/c1-2-13(20)8(18)7(5-28-33(24,25)31-34(26,27)30-32(21,22)23)29-11(13)17-4-3-6-9(17)15-12(14)16-10(6)19/h1,3-4,7-8,11,18,20H,5H2,(H,24,25)(H,26,27)(H2,21,22,23)(H3,14,15,16,19)/t7-,8+,11-,13?/m1/s1. The maximum atomic E-state index is 12.0. The van der Waals surface area contributed by atoms with E-state index in [-0.39, 0.29) is 17.0 Å². The van der Waals surface area contributed by atoms with Crippen molar-refractivity contribution < 1.29 is 61.4 Å². The lowest BCUT2D eigenvalue weighted by molar-refractivity contribution is -0.0715. The average Bonchev–Trinajstić information content (AvgIpc) is 3.17. The molecule has 21 heteroatoms. The zero-order valence-corrected chi connectivity index (χ0v) is 19.1. The van der Waals surface area contributed by atoms with Crippen LogP contribution < -0.4 is 11.3 Å². The van der Waals surface area contributed by atoms with E-state index in [1.54, 1.807) is 0 Å². The van der Waals surface area contributed by atoms with Crippen LogP contribution in [-0.4, -0.2) is 68.7 Å². The number of aromatic nitrogens is 3. The smallest absolute Gasteiger partial charge is 0.386 e. The van der Waals surface area contributed by atoms with E-state index in [1.165, 1.54) is 12.3 Å². The molecule has 9 N–H and O–H groups in total. The molecule has 0 aromatic carbocycles. The molecule has 0 aliphatic carbocycles. The van der Waals surface area contributed by atoms with Crippen molar-refractivity contribution >= 4 is 40.4 Å². The largest absolute Gasteiger partial charge is 0.490 e. The van der Waals surface area contributed by atoms with Crippen LogP contribution in [0.2, 0.25) is 0 Å². The van der Waals surface area contributed by atoms with Gasteiger partial charge in [0.25, 0.3) is 5.56 Å². The van der Waals surface area contributed by atoms with Gasteiger partial charge in [-0.1, -0.05) is 5.92 Å². The molecular formula is C13H17N4O14P3. The molecule has 6 atom stereocenters. The molecule has 0 amide bonds. The molecule has 2 aromatic rings. The Morgan fingerprint density at radius 1 is 1.26 bits per heavy atom. The minimum Gasteiger partial charge on any atom is -0.386 e. The first kappa shape index (κ1) is 26.7. The summed E-state index contributed by atoms with van der Waals surface area (Å²) in [5.41, 5.74) is 2.29. The Hall–Kier alpha value is -1.93. The van der Waals surface area contributed by atoms with Crippen molar-refractivity contribution in [1.29, 1.82) is 0 Å². The van der Waals surface area contributed by atoms with E-state index in [0.29, 0.717) is 0 Å². The predicted molar refractivity (Wildman–Crippen MR) is 108 cm³/mol. The number of anilines is 1. The van der Waals surface area contributed by atoms with Crippen LogP contribution in [0.5, 0.6) is 0 Å². The highest BCUT2D eigenvalue weighted by Crippen LogP contribution is 2.66. The van der Waals surface area contributed by atoms with Crippen LogP contribution in [0.15, 0.2) is 17.1 Å². The molecule has 1 saturated heterocycles. The molecule has 0 bridgehead atoms. The number of hydrogen-bond acceptors (Lipinski definition) is 12. The normalized spacial score (nSPS) is 28.9. The third-order valence-corrected chi connectivity index (χ3v) is 8.19. The van der Waals surface area contributed by atoms with Gasteiger partial charge in [0.05, 0.1) is 12.0 Å². The fourth-order valence-electron chi connectivity index (χ4n) is 3.06. The summed E-state index contributed by atoms with van der Waals surface area (Å²) < 4.78 is 52.1. The Balaban J connectivity index is 1.83. The number of fused-ring (bicyclic) bond motifs is 1. The van der Waals surface area contributed by atoms with Gasteiger partial charge in [-0.25, -0.2) is 13.7 Å². The van der Waals surface area contributed by atoms with Crippen LogP contribution in [0.3, 0.4) is 0 Å². The summed E-state index contributed by atoms with van der Waals surface area (Å²) in [6.45, 7) is -1.10. The van der Waals surface area contributed by atoms with Gasteiger partial charge in [0.15, 0.2) is 17.5 Å². The summed E-state index contributed by atoms with van der Waals surface area (Å²) in [5.74, 6) is 1.63. The Labute approximate surface area is 188 Å². The predicted octanol–water partition coefficient (Wildman–Crippen LogP) is -1.73. The third kappa shape index (κ3) is 5.48. The quantitative estimate of drug-likeness (QED) is 0.135. The van der Waals surface area contributed by atoms with Crippen LogP contribution in [0.1, 0.15) is 6.23 Å². The summed E-state index contributed by atoms with van der Waals surface area (Å²) in [5, 5.41) is 21.3. The molecule has 0 spiro atoms. The van der Waals surface area contributed by atoms with E-state index in [9.17, 15) is 38.5 Å². The van der Waals surface area contributed by atoms with Crippen LogP contribution in [0.4, 0.5) is 5.95 Å². The highest BCUT2D eigenvalue weighted by atomic mass is 31.3. The van der Waals surface area contributed by atoms with E-state index in [0.717, 1.165) is 4.57 Å². The molecule has 18 nitrogen and oxygen atoms in total. The number of H-pyrrole nitrogens is 1. The zero-order chi connectivity index (χ0) is 25.7. The van der Waals surface area contributed by atoms with Gasteiger partial charge in [-0.3, -0.25) is 14.3 Å². The number of nitrogen functional groups attached to an aromatic ring is 1. The van der Waals surface area contributed by atoms with Gasteiger partial charge >= 0.3 is 23.5 Å². The van der Waals surface area contributed by atoms with Gasteiger partial charge in [-0.05, 0) is 6.07 Å². The second-order valence-electron chi connectivity index (χ2n) is 6.74. The lowest BCUT2D eigenvalue weighted by Gasteiger charge is -2.26. The molecule has 3 heterocycles. The number of aliphatic hydroxyl groups is 2. The van der Waals surface area contributed by atoms with E-state index < -0.39 is 59.7 Å². The first-order chi connectivity index (χ1) is 15.5. The fraction of sp³-hybridized carbons (Fsp3) is 0.385. The second-order valence-corrected chi connectivity index (χ2v) is 11.2. The number of aliphatic hydroxyl groups excluding tert-OH is 1. The maximum Gasteiger partial charge on any atom is 0.490 e. The highest BCUT2D eigenvalue weighted by molar-refractivity contribution is 7.66. The molecule has 3 unspecified atom stereocenters. The monoisotopic (exact) mass is 546 g/mol. The van der Waals surface area contributed by atoms with Gasteiger partial charge in [-0.2, -0.15) is 13.6 Å². The Morgan fingerprint density at radius 2 is 1.91 bits per heavy atom. The number of nitrogens with one attached hydrogen (secondary N) is 1. The zero-order valence-electron chi connectivity index (χ0n) is 16.4. The molecule has 3 rings (SSSR count). The third-order valence-electron chi connectivity index (χ3n) is 4.38. The molecule has 0 radical (unpaired) electrons. The van der Waals surface area contributed by atoms with Crippen LogP contribution >= 0.6 is 23.5 Å². The van der Waals surface area contributed by atoms with Crippen LogP contribution in [-0.2, 0) is 31.6 Å². The van der Waals surface area contributed by atoms with E-state index in [2.05, 4.69) is 23.1 Å². The lowest BCUT2D eigenvalue weighted by atomic mass is 9.95. The van der Waals surface area contributed by atoms with Gasteiger partial charge in [-0.15, -0.1) is 6.42 Å². The number of rotatable bonds is 8.